The number of benzene rings is 2. The van der Waals surface area contributed by atoms with Crippen LogP contribution in [0.2, 0.25) is 0 Å². The van der Waals surface area contributed by atoms with E-state index in [-0.39, 0.29) is 17.8 Å². The predicted molar refractivity (Wildman–Crippen MR) is 107 cm³/mol. The van der Waals surface area contributed by atoms with Gasteiger partial charge in [-0.1, -0.05) is 6.07 Å². The Kier molecular flexibility index (Phi) is 3.94. The van der Waals surface area contributed by atoms with Crippen LogP contribution in [0.3, 0.4) is 0 Å². The SMILES string of the molecule is O=c1cnc2cccnc2n1Cc1c(F)cc(-c2ccc3[nH]ccc3c2)cc1F. The highest BCUT2D eigenvalue weighted by molar-refractivity contribution is 5.85. The lowest BCUT2D eigenvalue weighted by molar-refractivity contribution is 0.544. The topological polar surface area (TPSA) is 63.6 Å². The van der Waals surface area contributed by atoms with E-state index in [0.717, 1.165) is 17.1 Å². The van der Waals surface area contributed by atoms with Crippen molar-refractivity contribution in [1.82, 2.24) is 19.5 Å². The number of hydrogen-bond donors (Lipinski definition) is 1. The summed E-state index contributed by atoms with van der Waals surface area (Å²) in [4.78, 5) is 23.5. The second-order valence-electron chi connectivity index (χ2n) is 6.73. The normalized spacial score (nSPS) is 11.4. The van der Waals surface area contributed by atoms with Gasteiger partial charge in [0.25, 0.3) is 5.56 Å². The van der Waals surface area contributed by atoms with E-state index in [4.69, 9.17) is 0 Å². The number of pyridine rings is 1. The second-order valence-corrected chi connectivity index (χ2v) is 6.73. The predicted octanol–water partition coefficient (Wildman–Crippen LogP) is 4.27. The molecule has 142 valence electrons. The average molecular weight is 388 g/mol. The van der Waals surface area contributed by atoms with Gasteiger partial charge in [0.1, 0.15) is 17.2 Å². The van der Waals surface area contributed by atoms with E-state index >= 15 is 0 Å². The van der Waals surface area contributed by atoms with Crippen LogP contribution in [-0.2, 0) is 6.54 Å². The highest BCUT2D eigenvalue weighted by atomic mass is 19.1. The number of nitrogens with one attached hydrogen (secondary N) is 1. The van der Waals surface area contributed by atoms with Crippen LogP contribution in [0.25, 0.3) is 33.2 Å². The van der Waals surface area contributed by atoms with Gasteiger partial charge in [-0.25, -0.2) is 18.7 Å². The summed E-state index contributed by atoms with van der Waals surface area (Å²) in [5.74, 6) is -1.44. The monoisotopic (exact) mass is 388 g/mol. The molecule has 5 aromatic rings. The van der Waals surface area contributed by atoms with Gasteiger partial charge in [0, 0.05) is 23.5 Å². The molecule has 0 bridgehead atoms. The summed E-state index contributed by atoms with van der Waals surface area (Å²) in [6, 6.07) is 13.4. The maximum Gasteiger partial charge on any atom is 0.270 e. The molecule has 0 fully saturated rings. The second kappa shape index (κ2) is 6.63. The summed E-state index contributed by atoms with van der Waals surface area (Å²) >= 11 is 0. The van der Waals surface area contributed by atoms with E-state index in [9.17, 15) is 13.6 Å². The van der Waals surface area contributed by atoms with Crippen LogP contribution in [-0.4, -0.2) is 19.5 Å². The van der Waals surface area contributed by atoms with Crippen LogP contribution < -0.4 is 5.56 Å². The number of hydrogen-bond acceptors (Lipinski definition) is 3. The number of nitrogens with zero attached hydrogens (tertiary/aromatic N) is 3. The molecule has 0 radical (unpaired) electrons. The first-order valence-electron chi connectivity index (χ1n) is 8.96. The number of halogens is 2. The lowest BCUT2D eigenvalue weighted by Crippen LogP contribution is -2.23. The Morgan fingerprint density at radius 3 is 2.62 bits per heavy atom. The maximum atomic E-state index is 14.9. The van der Waals surface area contributed by atoms with Gasteiger partial charge in [0.15, 0.2) is 5.65 Å². The fourth-order valence-electron chi connectivity index (χ4n) is 3.46. The van der Waals surface area contributed by atoms with Gasteiger partial charge in [0.2, 0.25) is 0 Å². The van der Waals surface area contributed by atoms with Gasteiger partial charge in [-0.05, 0) is 59.0 Å². The van der Waals surface area contributed by atoms with Crippen molar-refractivity contribution in [2.45, 2.75) is 6.54 Å². The summed E-state index contributed by atoms with van der Waals surface area (Å²) in [5.41, 5.74) is 2.16. The molecule has 0 aliphatic rings. The molecule has 1 N–H and O–H groups in total. The quantitative estimate of drug-likeness (QED) is 0.502. The third kappa shape index (κ3) is 2.97. The summed E-state index contributed by atoms with van der Waals surface area (Å²) in [6.45, 7) is -0.274. The third-order valence-corrected chi connectivity index (χ3v) is 4.95. The van der Waals surface area contributed by atoms with E-state index < -0.39 is 17.2 Å². The number of rotatable bonds is 3. The zero-order valence-electron chi connectivity index (χ0n) is 15.1. The van der Waals surface area contributed by atoms with Crippen molar-refractivity contribution in [2.75, 3.05) is 0 Å². The third-order valence-electron chi connectivity index (χ3n) is 4.95. The number of aromatic nitrogens is 4. The minimum Gasteiger partial charge on any atom is -0.361 e. The average Bonchev–Trinajstić information content (AvgIpc) is 3.19. The molecule has 0 aliphatic heterocycles. The Labute approximate surface area is 163 Å². The van der Waals surface area contributed by atoms with Crippen molar-refractivity contribution in [2.24, 2.45) is 0 Å². The highest BCUT2D eigenvalue weighted by Crippen LogP contribution is 2.27. The zero-order chi connectivity index (χ0) is 20.0. The molecule has 0 saturated carbocycles. The Bertz CT molecular complexity index is 1420. The van der Waals surface area contributed by atoms with Gasteiger partial charge >= 0.3 is 0 Å². The Hall–Kier alpha value is -3.87. The van der Waals surface area contributed by atoms with E-state index in [2.05, 4.69) is 15.0 Å². The Morgan fingerprint density at radius 1 is 0.966 bits per heavy atom. The molecule has 5 rings (SSSR count). The molecule has 0 unspecified atom stereocenters. The lowest BCUT2D eigenvalue weighted by atomic mass is 10.0. The minimum atomic E-state index is -0.720. The first-order valence-corrected chi connectivity index (χ1v) is 8.96. The molecule has 0 spiro atoms. The molecule has 0 amide bonds. The fraction of sp³-hybridized carbons (Fsp3) is 0.0455. The molecule has 2 aromatic carbocycles. The fourth-order valence-corrected chi connectivity index (χ4v) is 3.46. The smallest absolute Gasteiger partial charge is 0.270 e. The van der Waals surface area contributed by atoms with Gasteiger partial charge in [-0.2, -0.15) is 0 Å². The van der Waals surface area contributed by atoms with Crippen molar-refractivity contribution < 1.29 is 8.78 Å². The molecular weight excluding hydrogens is 374 g/mol. The first-order chi connectivity index (χ1) is 14.1. The van der Waals surface area contributed by atoms with Crippen LogP contribution in [0.1, 0.15) is 5.56 Å². The van der Waals surface area contributed by atoms with Crippen molar-refractivity contribution in [1.29, 1.82) is 0 Å². The van der Waals surface area contributed by atoms with E-state index in [1.807, 2.05) is 24.4 Å². The maximum absolute atomic E-state index is 14.9. The molecule has 3 heterocycles. The molecule has 3 aromatic heterocycles. The molecule has 7 heteroatoms. The van der Waals surface area contributed by atoms with Crippen molar-refractivity contribution in [3.63, 3.8) is 0 Å². The summed E-state index contributed by atoms with van der Waals surface area (Å²) < 4.78 is 31.0. The highest BCUT2D eigenvalue weighted by Gasteiger charge is 2.16. The van der Waals surface area contributed by atoms with Crippen LogP contribution in [0.4, 0.5) is 8.78 Å². The van der Waals surface area contributed by atoms with Crippen molar-refractivity contribution in [3.05, 3.63) is 94.7 Å². The molecule has 0 aliphatic carbocycles. The van der Waals surface area contributed by atoms with Crippen molar-refractivity contribution in [3.8, 4) is 11.1 Å². The van der Waals surface area contributed by atoms with E-state index in [1.54, 1.807) is 18.2 Å². The number of aromatic amines is 1. The molecule has 0 atom stereocenters. The van der Waals surface area contributed by atoms with Gasteiger partial charge < -0.3 is 4.98 Å². The summed E-state index contributed by atoms with van der Waals surface area (Å²) in [7, 11) is 0. The molecule has 29 heavy (non-hydrogen) atoms. The molecule has 0 saturated heterocycles. The van der Waals surface area contributed by atoms with Crippen LogP contribution in [0.15, 0.2) is 71.9 Å². The van der Waals surface area contributed by atoms with Crippen LogP contribution in [0.5, 0.6) is 0 Å². The summed E-state index contributed by atoms with van der Waals surface area (Å²) in [5, 5.41) is 0.952. The van der Waals surface area contributed by atoms with E-state index in [0.29, 0.717) is 16.6 Å². The van der Waals surface area contributed by atoms with Crippen LogP contribution in [0, 0.1) is 11.6 Å². The molecular formula is C22H14F2N4O. The molecule has 5 nitrogen and oxygen atoms in total. The number of fused-ring (bicyclic) bond motifs is 2. The zero-order valence-corrected chi connectivity index (χ0v) is 15.1. The van der Waals surface area contributed by atoms with Gasteiger partial charge in [-0.15, -0.1) is 0 Å². The Morgan fingerprint density at radius 2 is 1.79 bits per heavy atom. The standard InChI is InChI=1S/C22H14F2N4O/c23-17-9-15(13-3-4-19-14(8-13)5-7-25-19)10-18(24)16(17)12-28-21(29)11-27-20-2-1-6-26-22(20)28/h1-11,25H,12H2. The van der Waals surface area contributed by atoms with Crippen LogP contribution >= 0.6 is 0 Å². The first kappa shape index (κ1) is 17.2. The number of H-pyrrole nitrogens is 1. The summed E-state index contributed by atoms with van der Waals surface area (Å²) in [6.07, 6.45) is 4.44. The van der Waals surface area contributed by atoms with Crippen molar-refractivity contribution >= 4 is 22.1 Å². The van der Waals surface area contributed by atoms with Gasteiger partial charge in [0.05, 0.1) is 12.7 Å². The minimum absolute atomic E-state index is 0.197. The van der Waals surface area contributed by atoms with E-state index in [1.165, 1.54) is 22.9 Å². The largest absolute Gasteiger partial charge is 0.361 e. The van der Waals surface area contributed by atoms with Gasteiger partial charge in [-0.3, -0.25) is 9.36 Å². The Balaban J connectivity index is 1.59. The lowest BCUT2D eigenvalue weighted by Gasteiger charge is -2.12.